The van der Waals surface area contributed by atoms with Crippen LogP contribution in [0.25, 0.3) is 33.0 Å². The molecule has 1 aliphatic rings. The lowest BCUT2D eigenvalue weighted by Crippen LogP contribution is -2.21. The lowest BCUT2D eigenvalue weighted by Gasteiger charge is -2.30. The lowest BCUT2D eigenvalue weighted by molar-refractivity contribution is 0.836. The van der Waals surface area contributed by atoms with Gasteiger partial charge in [0.05, 0.1) is 0 Å². The van der Waals surface area contributed by atoms with Gasteiger partial charge in [0.1, 0.15) is 0 Å². The van der Waals surface area contributed by atoms with E-state index in [0.717, 1.165) is 17.8 Å². The zero-order valence-electron chi connectivity index (χ0n) is 27.9. The molecular formula is C46H43N. The number of hydrogen-bond acceptors (Lipinski definition) is 1. The van der Waals surface area contributed by atoms with E-state index in [-0.39, 0.29) is 0 Å². The molecular weight excluding hydrogens is 567 g/mol. The highest BCUT2D eigenvalue weighted by Crippen LogP contribution is 2.41. The van der Waals surface area contributed by atoms with E-state index in [1.165, 1.54) is 55.4 Å². The maximum atomic E-state index is 2.41. The molecule has 0 heterocycles. The summed E-state index contributed by atoms with van der Waals surface area (Å²) in [4.78, 5) is 2.41. The van der Waals surface area contributed by atoms with Crippen molar-refractivity contribution in [3.63, 3.8) is 0 Å². The minimum Gasteiger partial charge on any atom is -0.315 e. The first-order valence-corrected chi connectivity index (χ1v) is 16.6. The molecule has 1 unspecified atom stereocenters. The van der Waals surface area contributed by atoms with Crippen LogP contribution in [0.2, 0.25) is 0 Å². The maximum Gasteiger partial charge on any atom is 0.0464 e. The number of allylic oxidation sites excluding steroid dienone is 11. The van der Waals surface area contributed by atoms with Crippen LogP contribution in [0.1, 0.15) is 45.6 Å². The van der Waals surface area contributed by atoms with Gasteiger partial charge in [0.2, 0.25) is 0 Å². The normalized spacial score (nSPS) is 15.7. The Morgan fingerprint density at radius 1 is 0.660 bits per heavy atom. The number of hydrogen-bond donors (Lipinski definition) is 0. The van der Waals surface area contributed by atoms with Crippen molar-refractivity contribution in [3.05, 3.63) is 198 Å². The summed E-state index contributed by atoms with van der Waals surface area (Å²) in [5.74, 6) is 0.374. The Bertz CT molecular complexity index is 2030. The Labute approximate surface area is 280 Å². The minimum atomic E-state index is 0.374. The fourth-order valence-corrected chi connectivity index (χ4v) is 6.33. The molecule has 232 valence electrons. The second-order valence-electron chi connectivity index (χ2n) is 12.2. The molecule has 5 aromatic carbocycles. The summed E-state index contributed by atoms with van der Waals surface area (Å²) >= 11 is 0. The Balaban J connectivity index is 1.49. The monoisotopic (exact) mass is 609 g/mol. The molecule has 0 N–H and O–H groups in total. The van der Waals surface area contributed by atoms with Crippen LogP contribution in [-0.2, 0) is 0 Å². The lowest BCUT2D eigenvalue weighted by atomic mass is 9.90. The number of benzene rings is 5. The number of rotatable bonds is 9. The van der Waals surface area contributed by atoms with E-state index >= 15 is 0 Å². The smallest absolute Gasteiger partial charge is 0.0464 e. The van der Waals surface area contributed by atoms with Crippen molar-refractivity contribution >= 4 is 16.5 Å². The topological polar surface area (TPSA) is 3.24 Å². The van der Waals surface area contributed by atoms with Gasteiger partial charge in [-0.15, -0.1) is 0 Å². The highest BCUT2D eigenvalue weighted by molar-refractivity contribution is 6.01. The first-order chi connectivity index (χ1) is 23.0. The minimum absolute atomic E-state index is 0.374. The van der Waals surface area contributed by atoms with Crippen molar-refractivity contribution in [3.8, 4) is 22.3 Å². The predicted octanol–water partition coefficient (Wildman–Crippen LogP) is 13.0. The van der Waals surface area contributed by atoms with Gasteiger partial charge in [0, 0.05) is 23.0 Å². The highest BCUT2D eigenvalue weighted by Gasteiger charge is 2.20. The van der Waals surface area contributed by atoms with Crippen LogP contribution in [0, 0.1) is 0 Å². The summed E-state index contributed by atoms with van der Waals surface area (Å²) in [5.41, 5.74) is 12.2. The van der Waals surface area contributed by atoms with Crippen LogP contribution in [-0.4, -0.2) is 0 Å². The molecule has 5 aromatic rings. The van der Waals surface area contributed by atoms with Crippen molar-refractivity contribution in [2.45, 2.75) is 40.0 Å². The summed E-state index contributed by atoms with van der Waals surface area (Å²) in [6.07, 6.45) is 18.8. The zero-order chi connectivity index (χ0) is 32.6. The molecule has 1 heteroatoms. The van der Waals surface area contributed by atoms with Crippen LogP contribution in [0.15, 0.2) is 192 Å². The molecule has 0 spiro atoms. The molecule has 1 nitrogen and oxygen atoms in total. The molecule has 0 bridgehead atoms. The van der Waals surface area contributed by atoms with Gasteiger partial charge in [-0.25, -0.2) is 0 Å². The second kappa shape index (κ2) is 14.8. The first kappa shape index (κ1) is 31.6. The molecule has 0 radical (unpaired) electrons. The van der Waals surface area contributed by atoms with Crippen LogP contribution in [0.4, 0.5) is 5.69 Å². The predicted molar refractivity (Wildman–Crippen MR) is 204 cm³/mol. The van der Waals surface area contributed by atoms with Gasteiger partial charge < -0.3 is 4.90 Å². The second-order valence-corrected chi connectivity index (χ2v) is 12.2. The van der Waals surface area contributed by atoms with E-state index in [2.05, 4.69) is 196 Å². The fraction of sp³-hybridized carbons (Fsp3) is 0.130. The molecule has 0 saturated heterocycles. The molecule has 0 amide bonds. The Kier molecular flexibility index (Phi) is 9.94. The molecule has 0 aromatic heterocycles. The molecule has 1 aliphatic carbocycles. The van der Waals surface area contributed by atoms with E-state index in [4.69, 9.17) is 0 Å². The summed E-state index contributed by atoms with van der Waals surface area (Å²) in [6.45, 7) is 8.62. The van der Waals surface area contributed by atoms with Gasteiger partial charge in [0.25, 0.3) is 0 Å². The summed E-state index contributed by atoms with van der Waals surface area (Å²) in [7, 11) is 0. The number of nitrogens with zero attached hydrogens (tertiary/aromatic N) is 1. The highest BCUT2D eigenvalue weighted by atomic mass is 15.1. The zero-order valence-corrected chi connectivity index (χ0v) is 27.9. The third-order valence-corrected chi connectivity index (χ3v) is 9.08. The summed E-state index contributed by atoms with van der Waals surface area (Å²) < 4.78 is 0. The third-order valence-electron chi connectivity index (χ3n) is 9.08. The third kappa shape index (κ3) is 7.21. The van der Waals surface area contributed by atoms with E-state index in [1.807, 2.05) is 6.92 Å². The molecule has 0 saturated carbocycles. The van der Waals surface area contributed by atoms with Crippen molar-refractivity contribution < 1.29 is 0 Å². The van der Waals surface area contributed by atoms with Gasteiger partial charge in [-0.3, -0.25) is 0 Å². The summed E-state index contributed by atoms with van der Waals surface area (Å²) in [5, 5.41) is 2.50. The van der Waals surface area contributed by atoms with Gasteiger partial charge in [-0.1, -0.05) is 146 Å². The molecule has 6 rings (SSSR count). The fourth-order valence-electron chi connectivity index (χ4n) is 6.33. The average molecular weight is 610 g/mol. The molecule has 0 fully saturated rings. The average Bonchev–Trinajstić information content (AvgIpc) is 3.13. The Morgan fingerprint density at radius 3 is 2.11 bits per heavy atom. The maximum absolute atomic E-state index is 2.41. The van der Waals surface area contributed by atoms with Crippen molar-refractivity contribution in [2.24, 2.45) is 0 Å². The van der Waals surface area contributed by atoms with Crippen LogP contribution < -0.4 is 4.90 Å². The van der Waals surface area contributed by atoms with E-state index in [1.54, 1.807) is 0 Å². The quantitative estimate of drug-likeness (QED) is 0.150. The van der Waals surface area contributed by atoms with Gasteiger partial charge >= 0.3 is 0 Å². The van der Waals surface area contributed by atoms with E-state index in [9.17, 15) is 0 Å². The molecule has 0 aliphatic heterocycles. The van der Waals surface area contributed by atoms with Gasteiger partial charge in [0.15, 0.2) is 0 Å². The largest absolute Gasteiger partial charge is 0.315 e. The standard InChI is InChI=1S/C46H43N/c1-5-6-16-34(2)35(3)25-26-36(4)47(41-29-27-38(28-30-41)37-17-9-7-10-18-37)42-31-32-44(39-19-11-8-12-20-39)46(33-42)45-24-15-22-40-21-13-14-23-43(40)45/h5-27,29-33,38H,28H2,1-4H3/b6-5-,34-16+,35-25+,36-26+. The van der Waals surface area contributed by atoms with Crippen LogP contribution in [0.5, 0.6) is 0 Å². The SMILES string of the molecule is C\C=C/C=C(C)/C(C)=C/C=C(\C)N(C1=CCC(c2ccccc2)C=C1)c1ccc(-c2ccccc2)c(-c2cccc3ccccc23)c1. The molecule has 1 atom stereocenters. The molecule has 47 heavy (non-hydrogen) atoms. The van der Waals surface area contributed by atoms with Crippen molar-refractivity contribution in [1.29, 1.82) is 0 Å². The van der Waals surface area contributed by atoms with Gasteiger partial charge in [-0.05, 0) is 108 Å². The Hall–Kier alpha value is -5.40. The van der Waals surface area contributed by atoms with E-state index in [0.29, 0.717) is 5.92 Å². The number of anilines is 1. The van der Waals surface area contributed by atoms with Crippen molar-refractivity contribution in [1.82, 2.24) is 0 Å². The van der Waals surface area contributed by atoms with E-state index < -0.39 is 0 Å². The van der Waals surface area contributed by atoms with Crippen LogP contribution >= 0.6 is 0 Å². The van der Waals surface area contributed by atoms with Crippen LogP contribution in [0.3, 0.4) is 0 Å². The van der Waals surface area contributed by atoms with Gasteiger partial charge in [-0.2, -0.15) is 0 Å². The summed E-state index contributed by atoms with van der Waals surface area (Å²) in [6, 6.07) is 43.8. The number of fused-ring (bicyclic) bond motifs is 1. The Morgan fingerprint density at radius 2 is 1.36 bits per heavy atom. The first-order valence-electron chi connectivity index (χ1n) is 16.6. The van der Waals surface area contributed by atoms with Crippen molar-refractivity contribution in [2.75, 3.05) is 4.90 Å².